The van der Waals surface area contributed by atoms with E-state index >= 15 is 0 Å². The molecule has 1 N–H and O–H groups in total. The molecule has 74 valence electrons. The molecule has 0 spiro atoms. The van der Waals surface area contributed by atoms with Crippen molar-refractivity contribution in [3.05, 3.63) is 0 Å². The fourth-order valence-electron chi connectivity index (χ4n) is 1.79. The molecular formula is C10H19N3. The average molecular weight is 181 g/mol. The Kier molecular flexibility index (Phi) is 4.81. The van der Waals surface area contributed by atoms with E-state index in [1.165, 1.54) is 32.5 Å². The molecule has 1 aliphatic heterocycles. The van der Waals surface area contributed by atoms with Crippen LogP contribution in [0, 0.1) is 11.3 Å². The van der Waals surface area contributed by atoms with Crippen LogP contribution in [0.2, 0.25) is 0 Å². The third-order valence-electron chi connectivity index (χ3n) is 2.70. The molecule has 1 heterocycles. The predicted octanol–water partition coefficient (Wildman–Crippen LogP) is 0.974. The molecule has 0 bridgehead atoms. The second-order valence-corrected chi connectivity index (χ2v) is 3.57. The standard InChI is InChI=1S/C10H19N3/c1-2-13-8-4-10(5-9-13)12-7-3-6-11/h10,12H,2-5,7-9H2,1H3. The summed E-state index contributed by atoms with van der Waals surface area (Å²) in [4.78, 5) is 2.47. The summed E-state index contributed by atoms with van der Waals surface area (Å²) < 4.78 is 0. The quantitative estimate of drug-likeness (QED) is 0.657. The van der Waals surface area contributed by atoms with Crippen molar-refractivity contribution in [2.75, 3.05) is 26.2 Å². The molecule has 0 radical (unpaired) electrons. The van der Waals surface area contributed by atoms with Crippen molar-refractivity contribution in [3.63, 3.8) is 0 Å². The molecule has 0 aromatic heterocycles. The van der Waals surface area contributed by atoms with Crippen LogP contribution in [-0.2, 0) is 0 Å². The van der Waals surface area contributed by atoms with Gasteiger partial charge in [0.15, 0.2) is 0 Å². The highest BCUT2D eigenvalue weighted by Crippen LogP contribution is 2.09. The van der Waals surface area contributed by atoms with E-state index in [1.54, 1.807) is 0 Å². The maximum absolute atomic E-state index is 8.38. The maximum atomic E-state index is 8.38. The first-order valence-electron chi connectivity index (χ1n) is 5.19. The van der Waals surface area contributed by atoms with Gasteiger partial charge in [-0.3, -0.25) is 0 Å². The topological polar surface area (TPSA) is 39.1 Å². The molecule has 0 atom stereocenters. The van der Waals surface area contributed by atoms with Gasteiger partial charge in [-0.2, -0.15) is 5.26 Å². The molecule has 0 saturated carbocycles. The number of piperidine rings is 1. The Morgan fingerprint density at radius 2 is 2.15 bits per heavy atom. The third-order valence-corrected chi connectivity index (χ3v) is 2.70. The number of nitrogens with zero attached hydrogens (tertiary/aromatic N) is 2. The lowest BCUT2D eigenvalue weighted by molar-refractivity contribution is 0.207. The van der Waals surface area contributed by atoms with Crippen LogP contribution in [0.1, 0.15) is 26.2 Å². The normalized spacial score (nSPS) is 20.0. The highest BCUT2D eigenvalue weighted by atomic mass is 15.1. The minimum atomic E-state index is 0.633. The molecule has 0 amide bonds. The van der Waals surface area contributed by atoms with Gasteiger partial charge >= 0.3 is 0 Å². The average Bonchev–Trinajstić information content (AvgIpc) is 2.19. The lowest BCUT2D eigenvalue weighted by Crippen LogP contribution is -2.42. The maximum Gasteiger partial charge on any atom is 0.0635 e. The molecular weight excluding hydrogens is 162 g/mol. The molecule has 1 aliphatic rings. The molecule has 0 unspecified atom stereocenters. The van der Waals surface area contributed by atoms with Crippen molar-refractivity contribution >= 4 is 0 Å². The fraction of sp³-hybridized carbons (Fsp3) is 0.900. The van der Waals surface area contributed by atoms with Gasteiger partial charge < -0.3 is 10.2 Å². The van der Waals surface area contributed by atoms with Gasteiger partial charge in [0.25, 0.3) is 0 Å². The highest BCUT2D eigenvalue weighted by molar-refractivity contribution is 4.78. The molecule has 0 aromatic carbocycles. The van der Waals surface area contributed by atoms with Crippen molar-refractivity contribution < 1.29 is 0 Å². The monoisotopic (exact) mass is 181 g/mol. The molecule has 1 fully saturated rings. The van der Waals surface area contributed by atoms with Crippen LogP contribution in [-0.4, -0.2) is 37.1 Å². The second kappa shape index (κ2) is 5.95. The van der Waals surface area contributed by atoms with E-state index in [2.05, 4.69) is 23.2 Å². The first-order valence-corrected chi connectivity index (χ1v) is 5.19. The summed E-state index contributed by atoms with van der Waals surface area (Å²) in [5.74, 6) is 0. The summed E-state index contributed by atoms with van der Waals surface area (Å²) in [6.07, 6.45) is 3.10. The number of likely N-dealkylation sites (tertiary alicyclic amines) is 1. The first-order chi connectivity index (χ1) is 6.36. The first kappa shape index (κ1) is 10.5. The van der Waals surface area contributed by atoms with Crippen LogP contribution in [0.4, 0.5) is 0 Å². The summed E-state index contributed by atoms with van der Waals surface area (Å²) >= 11 is 0. The largest absolute Gasteiger partial charge is 0.313 e. The van der Waals surface area contributed by atoms with Gasteiger partial charge in [0, 0.05) is 19.0 Å². The zero-order valence-electron chi connectivity index (χ0n) is 8.42. The number of rotatable bonds is 4. The summed E-state index contributed by atoms with van der Waals surface area (Å²) in [5, 5.41) is 11.8. The van der Waals surface area contributed by atoms with E-state index in [-0.39, 0.29) is 0 Å². The van der Waals surface area contributed by atoms with Crippen molar-refractivity contribution in [1.82, 2.24) is 10.2 Å². The summed E-state index contributed by atoms with van der Waals surface area (Å²) in [7, 11) is 0. The van der Waals surface area contributed by atoms with Crippen molar-refractivity contribution in [2.45, 2.75) is 32.2 Å². The van der Waals surface area contributed by atoms with Crippen molar-refractivity contribution in [1.29, 1.82) is 5.26 Å². The molecule has 0 aromatic rings. The second-order valence-electron chi connectivity index (χ2n) is 3.57. The van der Waals surface area contributed by atoms with Crippen LogP contribution >= 0.6 is 0 Å². The van der Waals surface area contributed by atoms with Crippen molar-refractivity contribution in [2.24, 2.45) is 0 Å². The van der Waals surface area contributed by atoms with E-state index in [0.29, 0.717) is 12.5 Å². The Bertz CT molecular complexity index is 165. The Morgan fingerprint density at radius 1 is 1.46 bits per heavy atom. The molecule has 13 heavy (non-hydrogen) atoms. The van der Waals surface area contributed by atoms with E-state index in [1.807, 2.05) is 0 Å². The molecule has 3 heteroatoms. The Morgan fingerprint density at radius 3 is 2.69 bits per heavy atom. The van der Waals surface area contributed by atoms with Gasteiger partial charge in [-0.15, -0.1) is 0 Å². The third kappa shape index (κ3) is 3.75. The SMILES string of the molecule is CCN1CCC(NCCC#N)CC1. The van der Waals surface area contributed by atoms with Crippen LogP contribution in [0.15, 0.2) is 0 Å². The number of nitrogens with one attached hydrogen (secondary N) is 1. The van der Waals surface area contributed by atoms with E-state index in [9.17, 15) is 0 Å². The minimum Gasteiger partial charge on any atom is -0.313 e. The number of hydrogen-bond donors (Lipinski definition) is 1. The van der Waals surface area contributed by atoms with Crippen LogP contribution in [0.25, 0.3) is 0 Å². The summed E-state index contributed by atoms with van der Waals surface area (Å²) in [6, 6.07) is 2.80. The van der Waals surface area contributed by atoms with Crippen LogP contribution in [0.5, 0.6) is 0 Å². The van der Waals surface area contributed by atoms with E-state index < -0.39 is 0 Å². The van der Waals surface area contributed by atoms with Gasteiger partial charge in [-0.1, -0.05) is 6.92 Å². The lowest BCUT2D eigenvalue weighted by Gasteiger charge is -2.31. The Labute approximate surface area is 80.7 Å². The smallest absolute Gasteiger partial charge is 0.0635 e. The Hall–Kier alpha value is -0.590. The molecule has 1 saturated heterocycles. The highest BCUT2D eigenvalue weighted by Gasteiger charge is 2.16. The summed E-state index contributed by atoms with van der Waals surface area (Å²) in [6.45, 7) is 6.66. The van der Waals surface area contributed by atoms with Crippen molar-refractivity contribution in [3.8, 4) is 6.07 Å². The van der Waals surface area contributed by atoms with Gasteiger partial charge in [-0.25, -0.2) is 0 Å². The van der Waals surface area contributed by atoms with Gasteiger partial charge in [0.05, 0.1) is 6.07 Å². The zero-order chi connectivity index (χ0) is 9.52. The zero-order valence-corrected chi connectivity index (χ0v) is 8.42. The lowest BCUT2D eigenvalue weighted by atomic mass is 10.1. The van der Waals surface area contributed by atoms with Crippen LogP contribution < -0.4 is 5.32 Å². The predicted molar refractivity (Wildman–Crippen MR) is 53.4 cm³/mol. The Balaban J connectivity index is 2.07. The molecule has 3 nitrogen and oxygen atoms in total. The van der Waals surface area contributed by atoms with E-state index in [4.69, 9.17) is 5.26 Å². The molecule has 1 rings (SSSR count). The summed E-state index contributed by atoms with van der Waals surface area (Å²) in [5.41, 5.74) is 0. The van der Waals surface area contributed by atoms with Gasteiger partial charge in [0.1, 0.15) is 0 Å². The van der Waals surface area contributed by atoms with Gasteiger partial charge in [0.2, 0.25) is 0 Å². The number of hydrogen-bond acceptors (Lipinski definition) is 3. The van der Waals surface area contributed by atoms with Gasteiger partial charge in [-0.05, 0) is 32.5 Å². The molecule has 0 aliphatic carbocycles. The minimum absolute atomic E-state index is 0.633. The van der Waals surface area contributed by atoms with E-state index in [0.717, 1.165) is 6.54 Å². The van der Waals surface area contributed by atoms with Crippen LogP contribution in [0.3, 0.4) is 0 Å². The fourth-order valence-corrected chi connectivity index (χ4v) is 1.79. The number of nitriles is 1.